The van der Waals surface area contributed by atoms with Crippen molar-refractivity contribution < 1.29 is 14.3 Å². The van der Waals surface area contributed by atoms with E-state index in [1.165, 1.54) is 4.90 Å². The average molecular weight is 530 g/mol. The summed E-state index contributed by atoms with van der Waals surface area (Å²) in [5.41, 5.74) is 1.71. The molecule has 0 heterocycles. The number of nitrogens with zero attached hydrogens (tertiary/aromatic N) is 1. The van der Waals surface area contributed by atoms with Crippen LogP contribution in [0.1, 0.15) is 37.8 Å². The Labute approximate surface area is 202 Å². The zero-order valence-corrected chi connectivity index (χ0v) is 21.0. The molecule has 5 nitrogen and oxygen atoms in total. The summed E-state index contributed by atoms with van der Waals surface area (Å²) < 4.78 is 6.69. The van der Waals surface area contributed by atoms with Crippen molar-refractivity contribution in [3.63, 3.8) is 0 Å². The second kappa shape index (κ2) is 12.3. The molecule has 2 aromatic carbocycles. The smallest absolute Gasteiger partial charge is 0.261 e. The van der Waals surface area contributed by atoms with E-state index in [0.717, 1.165) is 16.5 Å². The van der Waals surface area contributed by atoms with Crippen LogP contribution in [0.4, 0.5) is 0 Å². The van der Waals surface area contributed by atoms with E-state index in [2.05, 4.69) is 21.2 Å². The lowest BCUT2D eigenvalue weighted by molar-refractivity contribution is -0.143. The number of halogens is 3. The van der Waals surface area contributed by atoms with Gasteiger partial charge in [0.2, 0.25) is 5.91 Å². The number of aryl methyl sites for hydroxylation is 1. The van der Waals surface area contributed by atoms with Gasteiger partial charge in [0.15, 0.2) is 6.61 Å². The summed E-state index contributed by atoms with van der Waals surface area (Å²) in [6.45, 7) is 6.33. The lowest BCUT2D eigenvalue weighted by atomic mass is 10.1. The Morgan fingerprint density at radius 3 is 2.52 bits per heavy atom. The number of nitrogens with one attached hydrogen (secondary N) is 1. The first kappa shape index (κ1) is 25.5. The zero-order chi connectivity index (χ0) is 23.0. The molecule has 31 heavy (non-hydrogen) atoms. The van der Waals surface area contributed by atoms with Gasteiger partial charge in [-0.3, -0.25) is 9.59 Å². The fourth-order valence-corrected chi connectivity index (χ4v) is 3.77. The quantitative estimate of drug-likeness (QED) is 0.424. The van der Waals surface area contributed by atoms with E-state index in [4.69, 9.17) is 27.9 Å². The van der Waals surface area contributed by atoms with Gasteiger partial charge in [-0.15, -0.1) is 0 Å². The molecule has 0 radical (unpaired) electrons. The zero-order valence-electron chi connectivity index (χ0n) is 17.9. The van der Waals surface area contributed by atoms with E-state index < -0.39 is 6.04 Å². The molecule has 0 saturated heterocycles. The number of benzene rings is 2. The number of carbonyl (C=O) groups is 2. The molecule has 0 aliphatic rings. The predicted molar refractivity (Wildman–Crippen MR) is 129 cm³/mol. The van der Waals surface area contributed by atoms with Crippen molar-refractivity contribution in [2.75, 3.05) is 13.2 Å². The van der Waals surface area contributed by atoms with Crippen molar-refractivity contribution >= 4 is 50.9 Å². The highest BCUT2D eigenvalue weighted by Crippen LogP contribution is 2.25. The van der Waals surface area contributed by atoms with Crippen molar-refractivity contribution in [1.82, 2.24) is 10.2 Å². The molecule has 2 aromatic rings. The van der Waals surface area contributed by atoms with Crippen LogP contribution in [0.15, 0.2) is 40.9 Å². The molecule has 168 valence electrons. The Bertz CT molecular complexity index is 924. The van der Waals surface area contributed by atoms with E-state index in [1.807, 2.05) is 32.9 Å². The Kier molecular flexibility index (Phi) is 10.1. The summed E-state index contributed by atoms with van der Waals surface area (Å²) in [7, 11) is 0. The van der Waals surface area contributed by atoms with Gasteiger partial charge in [-0.25, -0.2) is 0 Å². The van der Waals surface area contributed by atoms with Gasteiger partial charge in [0.1, 0.15) is 11.8 Å². The highest BCUT2D eigenvalue weighted by atomic mass is 79.9. The summed E-state index contributed by atoms with van der Waals surface area (Å²) in [5, 5.41) is 3.83. The predicted octanol–water partition coefficient (Wildman–Crippen LogP) is 5.78. The maximum atomic E-state index is 13.2. The third-order valence-electron chi connectivity index (χ3n) is 4.78. The standard InChI is InChI=1S/C23H27BrCl2N2O3/c1-4-10-27-23(30)21(5-2)28(13-16-6-7-17(25)12-20(16)26)22(29)14-31-18-8-9-19(24)15(3)11-18/h6-9,11-12,21H,4-5,10,13-14H2,1-3H3,(H,27,30)/t21-/m0/s1. The average Bonchev–Trinajstić information content (AvgIpc) is 2.74. The van der Waals surface area contributed by atoms with E-state index in [1.54, 1.807) is 24.3 Å². The number of carbonyl (C=O) groups excluding carboxylic acids is 2. The van der Waals surface area contributed by atoms with Gasteiger partial charge < -0.3 is 15.0 Å². The van der Waals surface area contributed by atoms with Crippen LogP contribution in [0.5, 0.6) is 5.75 Å². The number of rotatable bonds is 10. The first-order valence-corrected chi connectivity index (χ1v) is 11.7. The third-order valence-corrected chi connectivity index (χ3v) is 6.26. The number of hydrogen-bond acceptors (Lipinski definition) is 3. The molecule has 8 heteroatoms. The van der Waals surface area contributed by atoms with Gasteiger partial charge in [-0.1, -0.05) is 59.0 Å². The van der Waals surface area contributed by atoms with Crippen LogP contribution in [-0.4, -0.2) is 35.9 Å². The second-order valence-electron chi connectivity index (χ2n) is 7.17. The van der Waals surface area contributed by atoms with Crippen LogP contribution in [0.25, 0.3) is 0 Å². The molecule has 2 rings (SSSR count). The van der Waals surface area contributed by atoms with Gasteiger partial charge in [0.25, 0.3) is 5.91 Å². The third kappa shape index (κ3) is 7.41. The summed E-state index contributed by atoms with van der Waals surface area (Å²) in [4.78, 5) is 27.5. The summed E-state index contributed by atoms with van der Waals surface area (Å²) >= 11 is 15.8. The van der Waals surface area contributed by atoms with Gasteiger partial charge in [0.05, 0.1) is 0 Å². The summed E-state index contributed by atoms with van der Waals surface area (Å²) in [6, 6.07) is 9.97. The lowest BCUT2D eigenvalue weighted by Crippen LogP contribution is -2.50. The number of amides is 2. The second-order valence-corrected chi connectivity index (χ2v) is 8.87. The molecule has 0 aromatic heterocycles. The molecule has 0 unspecified atom stereocenters. The Hall–Kier alpha value is -1.76. The van der Waals surface area contributed by atoms with E-state index in [-0.39, 0.29) is 25.0 Å². The molecular weight excluding hydrogens is 503 g/mol. The van der Waals surface area contributed by atoms with Crippen molar-refractivity contribution in [3.8, 4) is 5.75 Å². The SMILES string of the molecule is CCCNC(=O)[C@H](CC)N(Cc1ccc(Cl)cc1Cl)C(=O)COc1ccc(Br)c(C)c1. The number of ether oxygens (including phenoxy) is 1. The topological polar surface area (TPSA) is 58.6 Å². The highest BCUT2D eigenvalue weighted by molar-refractivity contribution is 9.10. The molecule has 0 aliphatic carbocycles. The minimum absolute atomic E-state index is 0.176. The maximum absolute atomic E-state index is 13.2. The largest absolute Gasteiger partial charge is 0.484 e. The van der Waals surface area contributed by atoms with Crippen molar-refractivity contribution in [1.29, 1.82) is 0 Å². The molecular formula is C23H27BrCl2N2O3. The molecule has 1 atom stereocenters. The number of hydrogen-bond donors (Lipinski definition) is 1. The molecule has 0 saturated carbocycles. The Morgan fingerprint density at radius 2 is 1.90 bits per heavy atom. The molecule has 0 bridgehead atoms. The van der Waals surface area contributed by atoms with E-state index >= 15 is 0 Å². The van der Waals surface area contributed by atoms with E-state index in [9.17, 15) is 9.59 Å². The maximum Gasteiger partial charge on any atom is 0.261 e. The van der Waals surface area contributed by atoms with Gasteiger partial charge in [-0.2, -0.15) is 0 Å². The molecule has 2 amide bonds. The molecule has 0 spiro atoms. The van der Waals surface area contributed by atoms with Crippen LogP contribution in [0.2, 0.25) is 10.0 Å². The Balaban J connectivity index is 2.24. The van der Waals surface area contributed by atoms with Crippen LogP contribution in [-0.2, 0) is 16.1 Å². The van der Waals surface area contributed by atoms with Crippen LogP contribution < -0.4 is 10.1 Å². The van der Waals surface area contributed by atoms with Gasteiger partial charge in [0, 0.05) is 27.6 Å². The van der Waals surface area contributed by atoms with Crippen molar-refractivity contribution in [2.24, 2.45) is 0 Å². The van der Waals surface area contributed by atoms with Crippen molar-refractivity contribution in [2.45, 2.75) is 46.2 Å². The minimum Gasteiger partial charge on any atom is -0.484 e. The lowest BCUT2D eigenvalue weighted by Gasteiger charge is -2.31. The fraction of sp³-hybridized carbons (Fsp3) is 0.391. The van der Waals surface area contributed by atoms with Crippen LogP contribution in [0, 0.1) is 6.92 Å². The highest BCUT2D eigenvalue weighted by Gasteiger charge is 2.29. The first-order valence-electron chi connectivity index (χ1n) is 10.2. The molecule has 1 N–H and O–H groups in total. The summed E-state index contributed by atoms with van der Waals surface area (Å²) in [5.74, 6) is 0.0920. The molecule has 0 aliphatic heterocycles. The van der Waals surface area contributed by atoms with Gasteiger partial charge >= 0.3 is 0 Å². The van der Waals surface area contributed by atoms with Crippen LogP contribution in [0.3, 0.4) is 0 Å². The van der Waals surface area contributed by atoms with Crippen LogP contribution >= 0.6 is 39.1 Å². The minimum atomic E-state index is -0.638. The first-order chi connectivity index (χ1) is 14.8. The monoisotopic (exact) mass is 528 g/mol. The van der Waals surface area contributed by atoms with E-state index in [0.29, 0.717) is 34.3 Å². The van der Waals surface area contributed by atoms with Gasteiger partial charge in [-0.05, 0) is 61.2 Å². The Morgan fingerprint density at radius 1 is 1.16 bits per heavy atom. The molecule has 0 fully saturated rings. The fourth-order valence-electron chi connectivity index (χ4n) is 3.05. The normalized spacial score (nSPS) is 11.7. The van der Waals surface area contributed by atoms with Crippen molar-refractivity contribution in [3.05, 3.63) is 62.0 Å². The summed E-state index contributed by atoms with van der Waals surface area (Å²) in [6.07, 6.45) is 1.27.